The van der Waals surface area contributed by atoms with Gasteiger partial charge in [-0.2, -0.15) is 0 Å². The van der Waals surface area contributed by atoms with Crippen LogP contribution in [0.25, 0.3) is 11.0 Å². The van der Waals surface area contributed by atoms with E-state index in [1.807, 2.05) is 24.7 Å². The van der Waals surface area contributed by atoms with E-state index in [1.165, 1.54) is 6.07 Å². The third kappa shape index (κ3) is 5.64. The molecule has 0 aliphatic rings. The summed E-state index contributed by atoms with van der Waals surface area (Å²) in [6, 6.07) is 4.92. The van der Waals surface area contributed by atoms with Crippen LogP contribution in [0.4, 0.5) is 4.39 Å². The molecule has 0 aliphatic heterocycles. The van der Waals surface area contributed by atoms with Gasteiger partial charge in [-0.25, -0.2) is 9.37 Å². The van der Waals surface area contributed by atoms with Gasteiger partial charge in [0.15, 0.2) is 5.82 Å². The van der Waals surface area contributed by atoms with Crippen molar-refractivity contribution in [1.29, 1.82) is 0 Å². The van der Waals surface area contributed by atoms with Gasteiger partial charge >= 0.3 is 0 Å². The second-order valence-corrected chi connectivity index (χ2v) is 5.00. The quantitative estimate of drug-likeness (QED) is 0.740. The number of hydrogen-bond donors (Lipinski definition) is 2. The van der Waals surface area contributed by atoms with Gasteiger partial charge in [0.05, 0.1) is 5.52 Å². The highest BCUT2D eigenvalue weighted by Crippen LogP contribution is 2.17. The lowest BCUT2D eigenvalue weighted by Gasteiger charge is -2.05. The van der Waals surface area contributed by atoms with Crippen LogP contribution in [-0.2, 0) is 18.3 Å². The summed E-state index contributed by atoms with van der Waals surface area (Å²) in [5.41, 5.74) is 1.15. The van der Waals surface area contributed by atoms with Gasteiger partial charge in [-0.1, -0.05) is 6.07 Å². The van der Waals surface area contributed by atoms with Crippen LogP contribution in [0, 0.1) is 5.82 Å². The lowest BCUT2D eigenvalue weighted by atomic mass is 10.3. The Bertz CT molecular complexity index is 633. The molecule has 5 nitrogen and oxygen atoms in total. The van der Waals surface area contributed by atoms with Crippen LogP contribution in [0.1, 0.15) is 18.7 Å². The molecule has 0 radical (unpaired) electrons. The number of amides is 1. The first-order chi connectivity index (χ1) is 10.1. The maximum Gasteiger partial charge on any atom is 0.220 e. The van der Waals surface area contributed by atoms with Gasteiger partial charge in [0.1, 0.15) is 11.3 Å². The second-order valence-electron chi connectivity index (χ2n) is 5.00. The highest BCUT2D eigenvalue weighted by molar-refractivity contribution is 5.85. The molecular weight excluding hydrogens is 342 g/mol. The first kappa shape index (κ1) is 21.6. The first-order valence-corrected chi connectivity index (χ1v) is 7.14. The van der Waals surface area contributed by atoms with Gasteiger partial charge in [-0.15, -0.1) is 24.8 Å². The van der Waals surface area contributed by atoms with Gasteiger partial charge in [-0.3, -0.25) is 4.79 Å². The minimum atomic E-state index is -0.314. The number of benzene rings is 1. The Morgan fingerprint density at radius 3 is 2.70 bits per heavy atom. The summed E-state index contributed by atoms with van der Waals surface area (Å²) in [6.07, 6.45) is 1.92. The van der Waals surface area contributed by atoms with Gasteiger partial charge in [0, 0.05) is 26.4 Å². The van der Waals surface area contributed by atoms with E-state index in [0.29, 0.717) is 24.9 Å². The third-order valence-corrected chi connectivity index (χ3v) is 3.46. The Morgan fingerprint density at radius 1 is 1.30 bits per heavy atom. The Morgan fingerprint density at radius 2 is 2.04 bits per heavy atom. The number of aryl methyl sites for hydroxylation is 1. The molecule has 1 amide bonds. The summed E-state index contributed by atoms with van der Waals surface area (Å²) in [4.78, 5) is 15.9. The predicted molar refractivity (Wildman–Crippen MR) is 95.0 cm³/mol. The smallest absolute Gasteiger partial charge is 0.220 e. The van der Waals surface area contributed by atoms with E-state index in [1.54, 1.807) is 6.07 Å². The number of rotatable bonds is 7. The number of aromatic nitrogens is 2. The fourth-order valence-corrected chi connectivity index (χ4v) is 2.28. The summed E-state index contributed by atoms with van der Waals surface area (Å²) in [5, 5.41) is 5.87. The van der Waals surface area contributed by atoms with Gasteiger partial charge in [0.2, 0.25) is 5.91 Å². The van der Waals surface area contributed by atoms with Crippen molar-refractivity contribution in [1.82, 2.24) is 20.2 Å². The number of fused-ring (bicyclic) bond motifs is 1. The summed E-state index contributed by atoms with van der Waals surface area (Å²) >= 11 is 0. The molecule has 0 fully saturated rings. The topological polar surface area (TPSA) is 59.0 Å². The Balaban J connectivity index is 0.00000242. The number of hydrogen-bond acceptors (Lipinski definition) is 3. The Labute approximate surface area is 147 Å². The first-order valence-electron chi connectivity index (χ1n) is 7.14. The van der Waals surface area contributed by atoms with Crippen molar-refractivity contribution < 1.29 is 9.18 Å². The van der Waals surface area contributed by atoms with E-state index in [2.05, 4.69) is 15.6 Å². The average molecular weight is 365 g/mol. The highest BCUT2D eigenvalue weighted by atomic mass is 35.5. The molecule has 2 aromatic rings. The van der Waals surface area contributed by atoms with Gasteiger partial charge in [-0.05, 0) is 32.1 Å². The zero-order chi connectivity index (χ0) is 15.2. The molecule has 0 atom stereocenters. The van der Waals surface area contributed by atoms with Gasteiger partial charge in [0.25, 0.3) is 0 Å². The number of imidazole rings is 1. The van der Waals surface area contributed by atoms with Gasteiger partial charge < -0.3 is 15.2 Å². The molecule has 1 aromatic carbocycles. The minimum Gasteiger partial charge on any atom is -0.356 e. The summed E-state index contributed by atoms with van der Waals surface area (Å²) in [7, 11) is 3.72. The number of halogens is 3. The largest absolute Gasteiger partial charge is 0.356 e. The van der Waals surface area contributed by atoms with E-state index in [0.717, 1.165) is 24.3 Å². The molecule has 2 N–H and O–H groups in total. The van der Waals surface area contributed by atoms with Crippen LogP contribution in [0.3, 0.4) is 0 Å². The molecule has 0 aliphatic carbocycles. The van der Waals surface area contributed by atoms with Crippen LogP contribution in [0.15, 0.2) is 18.2 Å². The maximum atomic E-state index is 13.7. The van der Waals surface area contributed by atoms with Crippen molar-refractivity contribution in [3.63, 3.8) is 0 Å². The second kappa shape index (κ2) is 10.4. The van der Waals surface area contributed by atoms with Crippen molar-refractivity contribution in [3.05, 3.63) is 29.8 Å². The normalized spacial score (nSPS) is 10.0. The zero-order valence-electron chi connectivity index (χ0n) is 13.3. The summed E-state index contributed by atoms with van der Waals surface area (Å²) in [5.74, 6) is 0.492. The molecule has 1 heterocycles. The fourth-order valence-electron chi connectivity index (χ4n) is 2.28. The molecule has 0 unspecified atom stereocenters. The highest BCUT2D eigenvalue weighted by Gasteiger charge is 2.11. The Kier molecular flexibility index (Phi) is 9.79. The standard InChI is InChI=1S/C15H21FN4O.2ClH/c1-17-9-4-7-14(21)18-10-8-13-19-15-11(16)5-3-6-12(15)20(13)2;;/h3,5-6,17H,4,7-10H2,1-2H3,(H,18,21);2*1H. The number of para-hydroxylation sites is 1. The molecule has 23 heavy (non-hydrogen) atoms. The molecule has 130 valence electrons. The van der Waals surface area contributed by atoms with E-state index in [4.69, 9.17) is 0 Å². The van der Waals surface area contributed by atoms with Crippen LogP contribution in [0.2, 0.25) is 0 Å². The Hall–Kier alpha value is -1.37. The van der Waals surface area contributed by atoms with E-state index >= 15 is 0 Å². The monoisotopic (exact) mass is 364 g/mol. The maximum absolute atomic E-state index is 13.7. The van der Waals surface area contributed by atoms with Crippen molar-refractivity contribution in [2.45, 2.75) is 19.3 Å². The van der Waals surface area contributed by atoms with Crippen molar-refractivity contribution >= 4 is 41.8 Å². The molecule has 0 saturated heterocycles. The van der Waals surface area contributed by atoms with E-state index in [-0.39, 0.29) is 36.5 Å². The SMILES string of the molecule is CNCCCC(=O)NCCc1nc2c(F)cccc2n1C.Cl.Cl. The molecule has 0 bridgehead atoms. The fraction of sp³-hybridized carbons (Fsp3) is 0.467. The van der Waals surface area contributed by atoms with Crippen LogP contribution in [0.5, 0.6) is 0 Å². The lowest BCUT2D eigenvalue weighted by Crippen LogP contribution is -2.26. The molecule has 0 spiro atoms. The number of nitrogens with zero attached hydrogens (tertiary/aromatic N) is 2. The number of nitrogens with one attached hydrogen (secondary N) is 2. The van der Waals surface area contributed by atoms with E-state index < -0.39 is 0 Å². The third-order valence-electron chi connectivity index (χ3n) is 3.46. The molecule has 1 aromatic heterocycles. The average Bonchev–Trinajstić information content (AvgIpc) is 2.78. The van der Waals surface area contributed by atoms with Crippen LogP contribution in [-0.4, -0.2) is 35.6 Å². The van der Waals surface area contributed by atoms with Crippen molar-refractivity contribution in [3.8, 4) is 0 Å². The minimum absolute atomic E-state index is 0. The number of carbonyl (C=O) groups excluding carboxylic acids is 1. The number of carbonyl (C=O) groups is 1. The van der Waals surface area contributed by atoms with Crippen molar-refractivity contribution in [2.24, 2.45) is 7.05 Å². The molecular formula is C15H23Cl2FN4O. The van der Waals surface area contributed by atoms with E-state index in [9.17, 15) is 9.18 Å². The van der Waals surface area contributed by atoms with Crippen LogP contribution >= 0.6 is 24.8 Å². The molecule has 8 heteroatoms. The molecule has 0 saturated carbocycles. The van der Waals surface area contributed by atoms with Crippen LogP contribution < -0.4 is 10.6 Å². The summed E-state index contributed by atoms with van der Waals surface area (Å²) < 4.78 is 15.5. The lowest BCUT2D eigenvalue weighted by molar-refractivity contribution is -0.121. The predicted octanol–water partition coefficient (Wildman–Crippen LogP) is 2.21. The zero-order valence-corrected chi connectivity index (χ0v) is 14.9. The summed E-state index contributed by atoms with van der Waals surface area (Å²) in [6.45, 7) is 1.34. The molecule has 2 rings (SSSR count). The van der Waals surface area contributed by atoms with Crippen molar-refractivity contribution in [2.75, 3.05) is 20.1 Å².